The third-order valence-electron chi connectivity index (χ3n) is 28.7. The van der Waals surface area contributed by atoms with Crippen molar-refractivity contribution in [1.29, 1.82) is 0 Å². The molecule has 2 unspecified atom stereocenters. The van der Waals surface area contributed by atoms with Crippen molar-refractivity contribution < 1.29 is 100 Å². The van der Waals surface area contributed by atoms with Crippen LogP contribution in [0.25, 0.3) is 0 Å². The lowest BCUT2D eigenvalue weighted by Crippen LogP contribution is -2.61. The van der Waals surface area contributed by atoms with Crippen molar-refractivity contribution in [2.24, 2.45) is 45.3 Å². The highest BCUT2D eigenvalue weighted by atomic mass is 31.2. The number of fused-ring (bicyclic) bond motifs is 2. The third kappa shape index (κ3) is 27.5. The second kappa shape index (κ2) is 40.8. The van der Waals surface area contributed by atoms with Crippen LogP contribution in [-0.2, 0) is 27.1 Å². The number of alkyl halides is 12. The molecule has 10 nitrogen and oxygen atoms in total. The molecule has 2 aromatic carbocycles. The standard InChI is InChI=1S/C33H48F6O4.C33H51O3PSi2.C30H52F6O3Si2.CH4/c1-21-23(19-24(40)20-26(21)41)11-10-22-9-6-17-30(5)25(22)12-13-27(30)29(4,15-7-14-28(2,3)42)16-8-18-31(43,32(34,35)36)33(37,38)39;1-26-27(22-23-37(34,29-18-14-12-15-19-29)30-20-16-13-17-21-30)24-28(35-38(8,9)32(2,3)4)25-31(26)36-39(10,11)33(5,6)7;1-25(2,38-40(5,6)7)17-12-18-26(3,24-16-15-22-23(37)14-11-20-27(22,24)4)19-13-21-28(29(31,32)33,30(34,35)36)39-41(8,9)10;/h8,10-11,18,24-27,40-43H,1,6-7,9,12-17,19-20H2,2-5H3;12-22,28,31H,1,23-25H2,2-11H3;13,21-22,24H,11-12,14-20H2,1-10H3;1H4/b18-8+,22-10+,23-11-;27-22-;21-13+;/t24-,25?,26+,27-,29-,30+;28-,31+;22?,24-,26-,27+;/m111./s1. The highest BCUT2D eigenvalue weighted by Crippen LogP contribution is 2.66. The molecule has 8 rings (SSSR count). The molecule has 12 atom stereocenters. The van der Waals surface area contributed by atoms with Gasteiger partial charge in [-0.2, -0.15) is 52.7 Å². The fourth-order valence-electron chi connectivity index (χ4n) is 20.3. The molecule has 6 aliphatic rings. The topological polar surface area (TPSA) is 152 Å². The summed E-state index contributed by atoms with van der Waals surface area (Å²) in [6.07, 6.45) is -2.61. The van der Waals surface area contributed by atoms with Gasteiger partial charge in [0.2, 0.25) is 0 Å². The van der Waals surface area contributed by atoms with Gasteiger partial charge in [0.25, 0.3) is 11.2 Å². The highest BCUT2D eigenvalue weighted by molar-refractivity contribution is 7.78. The number of aliphatic hydroxyl groups excluding tert-OH is 2. The average Bonchev–Trinajstić information content (AvgIpc) is 1.49. The van der Waals surface area contributed by atoms with Crippen molar-refractivity contribution in [1.82, 2.24) is 0 Å². The van der Waals surface area contributed by atoms with E-state index in [2.05, 4.69) is 120 Å². The summed E-state index contributed by atoms with van der Waals surface area (Å²) in [6, 6.07) is 19.8. The number of aliphatic hydroxyl groups is 4. The normalized spacial score (nSPS) is 26.9. The monoisotopic (exact) mass is 1850 g/mol. The van der Waals surface area contributed by atoms with Crippen LogP contribution in [0.5, 0.6) is 0 Å². The number of Topliss-reactive ketones (excluding diaryl/α,β-unsaturated/α-hetero) is 1. The Morgan fingerprint density at radius 1 is 0.532 bits per heavy atom. The van der Waals surface area contributed by atoms with Crippen LogP contribution in [0.2, 0.25) is 75.5 Å². The summed E-state index contributed by atoms with van der Waals surface area (Å²) in [4.78, 5) is 12.8. The first-order valence-corrected chi connectivity index (χ1v) is 59.0. The van der Waals surface area contributed by atoms with Crippen molar-refractivity contribution in [3.05, 3.63) is 144 Å². The maximum absolute atomic E-state index is 14.7. The number of ketones is 1. The van der Waals surface area contributed by atoms with Crippen LogP contribution in [0.15, 0.2) is 144 Å². The molecule has 0 saturated heterocycles. The molecule has 0 aliphatic heterocycles. The van der Waals surface area contributed by atoms with Gasteiger partial charge < -0.3 is 42.7 Å². The van der Waals surface area contributed by atoms with E-state index in [9.17, 15) is 82.5 Å². The lowest BCUT2D eigenvalue weighted by atomic mass is 9.55. The van der Waals surface area contributed by atoms with Gasteiger partial charge in [-0.15, -0.1) is 0 Å². The van der Waals surface area contributed by atoms with Crippen molar-refractivity contribution in [2.45, 2.75) is 393 Å². The van der Waals surface area contributed by atoms with Crippen LogP contribution in [0, 0.1) is 45.3 Å². The van der Waals surface area contributed by atoms with E-state index in [1.807, 2.05) is 101 Å². The quantitative estimate of drug-likeness (QED) is 0.0268. The fraction of sp³-hybridized carbons (Fsp3) is 0.722. The first-order chi connectivity index (χ1) is 55.6. The summed E-state index contributed by atoms with van der Waals surface area (Å²) in [5.74, 6) is 0.274. The minimum atomic E-state index is -5.92. The zero-order valence-electron chi connectivity index (χ0n) is 78.3. The molecule has 0 aromatic heterocycles. The molecule has 2 aromatic rings. The predicted molar refractivity (Wildman–Crippen MR) is 492 cm³/mol. The van der Waals surface area contributed by atoms with Gasteiger partial charge in [0.05, 0.1) is 35.6 Å². The van der Waals surface area contributed by atoms with Gasteiger partial charge in [-0.25, -0.2) is 0 Å². The Kier molecular flexibility index (Phi) is 36.4. The number of halogens is 12. The number of allylic oxidation sites excluding steroid dienone is 6. The van der Waals surface area contributed by atoms with Crippen LogP contribution in [0.3, 0.4) is 0 Å². The molecule has 27 heteroatoms. The van der Waals surface area contributed by atoms with Crippen LogP contribution in [0.1, 0.15) is 246 Å². The smallest absolute Gasteiger partial charge is 0.413 e. The third-order valence-corrected chi connectivity index (χ3v) is 42.7. The van der Waals surface area contributed by atoms with Crippen LogP contribution >= 0.6 is 7.14 Å². The summed E-state index contributed by atoms with van der Waals surface area (Å²) in [6.45, 7) is 57.4. The van der Waals surface area contributed by atoms with Gasteiger partial charge in [-0.3, -0.25) is 4.79 Å². The van der Waals surface area contributed by atoms with Gasteiger partial charge in [-0.05, 0) is 286 Å². The molecule has 0 spiro atoms. The van der Waals surface area contributed by atoms with Crippen molar-refractivity contribution in [3.8, 4) is 0 Å². The first kappa shape index (κ1) is 111. The lowest BCUT2D eigenvalue weighted by molar-refractivity contribution is -0.347. The molecule has 0 heterocycles. The molecule has 124 heavy (non-hydrogen) atoms. The van der Waals surface area contributed by atoms with E-state index in [0.717, 1.165) is 117 Å². The zero-order chi connectivity index (χ0) is 93.9. The van der Waals surface area contributed by atoms with Crippen molar-refractivity contribution in [3.63, 3.8) is 0 Å². The molecule has 6 saturated carbocycles. The minimum absolute atomic E-state index is 0. The molecule has 0 amide bonds. The largest absolute Gasteiger partial charge is 0.429 e. The van der Waals surface area contributed by atoms with Gasteiger partial charge in [0.15, 0.2) is 33.3 Å². The molecular formula is C97H155F12O10PSi4. The second-order valence-electron chi connectivity index (χ2n) is 44.0. The van der Waals surface area contributed by atoms with E-state index in [1.54, 1.807) is 13.8 Å². The van der Waals surface area contributed by atoms with Crippen molar-refractivity contribution in [2.75, 3.05) is 6.16 Å². The van der Waals surface area contributed by atoms with E-state index in [4.69, 9.17) is 17.7 Å². The second-order valence-corrected chi connectivity index (χ2v) is 65.2. The average molecular weight is 1850 g/mol. The number of carbonyl (C=O) groups is 1. The Labute approximate surface area is 741 Å². The summed E-state index contributed by atoms with van der Waals surface area (Å²) in [5, 5.41) is 42.3. The van der Waals surface area contributed by atoms with E-state index in [1.165, 1.54) is 25.2 Å². The molecular weight excluding hydrogens is 1700 g/mol. The summed E-state index contributed by atoms with van der Waals surface area (Å²) in [7, 11) is -12.0. The Balaban J connectivity index is 0.000000329. The maximum atomic E-state index is 14.7. The van der Waals surface area contributed by atoms with Gasteiger partial charge >= 0.3 is 24.7 Å². The fourth-order valence-corrected chi connectivity index (χ4v) is 28.5. The maximum Gasteiger partial charge on any atom is 0.429 e. The van der Waals surface area contributed by atoms with Crippen LogP contribution in [-0.4, -0.2) is 137 Å². The number of hydrogen-bond donors (Lipinski definition) is 4. The molecule has 708 valence electrons. The number of hydrogen-bond acceptors (Lipinski definition) is 10. The number of benzene rings is 2. The van der Waals surface area contributed by atoms with Crippen LogP contribution < -0.4 is 10.6 Å². The molecule has 6 fully saturated rings. The van der Waals surface area contributed by atoms with E-state index < -0.39 is 111 Å². The molecule has 0 radical (unpaired) electrons. The Hall–Kier alpha value is -3.77. The summed E-state index contributed by atoms with van der Waals surface area (Å²) < 4.78 is 205. The minimum Gasteiger partial charge on any atom is -0.413 e. The van der Waals surface area contributed by atoms with Gasteiger partial charge in [0, 0.05) is 42.0 Å². The van der Waals surface area contributed by atoms with Gasteiger partial charge in [-0.1, -0.05) is 199 Å². The first-order valence-electron chi connectivity index (χ1n) is 44.5. The van der Waals surface area contributed by atoms with Crippen molar-refractivity contribution >= 4 is 56.8 Å². The van der Waals surface area contributed by atoms with Gasteiger partial charge in [0.1, 0.15) is 12.9 Å². The Morgan fingerprint density at radius 2 is 0.976 bits per heavy atom. The van der Waals surface area contributed by atoms with E-state index in [0.29, 0.717) is 56.7 Å². The Bertz CT molecular complexity index is 4010. The van der Waals surface area contributed by atoms with E-state index >= 15 is 0 Å². The zero-order valence-corrected chi connectivity index (χ0v) is 83.2. The SMILES string of the molecule is C.C=C1/C(=C\C=C2/CCC[C@@]3(C)C2CC[C@@H]3[C@@](C)(C/C=C/C(O)(C(F)(F)F)C(F)(F)F)CCCC(C)(C)O)C[C@@H](O)C[C@@H]1O.C=C1/C(=C\CP(=O)(c2ccccc2)c2ccccc2)C[C@@H](O[Si](C)(C)C(C)(C)C)C[C@@H]1O[Si](C)(C)C(C)(C)C.CC(C)(CCC[C@](C)(C/C=C/C(O[Si](C)(C)C)(C(F)(F)F)C(F)(F)F)[C@H]1CCC2C(=O)CCC[C@@]21C)O[Si](C)(C)C. The van der Waals surface area contributed by atoms with E-state index in [-0.39, 0.29) is 101 Å². The number of carbonyl (C=O) groups excluding carboxylic acids is 1. The molecule has 6 aliphatic carbocycles. The number of rotatable bonds is 29. The van der Waals surface area contributed by atoms with Crippen LogP contribution in [0.4, 0.5) is 52.7 Å². The highest BCUT2D eigenvalue weighted by Gasteiger charge is 2.72. The molecule has 0 bridgehead atoms. The Morgan fingerprint density at radius 3 is 1.43 bits per heavy atom. The predicted octanol–water partition coefficient (Wildman–Crippen LogP) is 27.8. The summed E-state index contributed by atoms with van der Waals surface area (Å²) >= 11 is 0. The summed E-state index contributed by atoms with van der Waals surface area (Å²) in [5.41, 5.74) is -7.75. The lowest BCUT2D eigenvalue weighted by Gasteiger charge is -2.49. The molecule has 4 N–H and O–H groups in total.